The van der Waals surface area contributed by atoms with Gasteiger partial charge < -0.3 is 10.5 Å². The maximum absolute atomic E-state index is 12.7. The second kappa shape index (κ2) is 7.61. The van der Waals surface area contributed by atoms with Gasteiger partial charge in [0.25, 0.3) is 0 Å². The summed E-state index contributed by atoms with van der Waals surface area (Å²) in [7, 11) is 0. The first-order valence-electron chi connectivity index (χ1n) is 6.69. The van der Waals surface area contributed by atoms with Gasteiger partial charge in [-0.1, -0.05) is 29.8 Å². The van der Waals surface area contributed by atoms with E-state index in [1.807, 2.05) is 0 Å². The first-order chi connectivity index (χ1) is 10.5. The third-order valence-electron chi connectivity index (χ3n) is 2.98. The molecule has 0 aromatic heterocycles. The molecular weight excluding hydrogens is 305 g/mol. The predicted octanol–water partition coefficient (Wildman–Crippen LogP) is 3.86. The molecular formula is C17H15ClFNO2. The molecule has 0 fully saturated rings. The highest BCUT2D eigenvalue weighted by atomic mass is 35.5. The van der Waals surface area contributed by atoms with Crippen LogP contribution in [0.3, 0.4) is 0 Å². The van der Waals surface area contributed by atoms with Crippen LogP contribution in [0.25, 0.3) is 6.08 Å². The fourth-order valence-electron chi connectivity index (χ4n) is 1.80. The molecule has 0 unspecified atom stereocenters. The molecule has 2 aromatic carbocycles. The van der Waals surface area contributed by atoms with Crippen molar-refractivity contribution in [1.82, 2.24) is 0 Å². The Bertz CT molecular complexity index is 684. The molecule has 3 nitrogen and oxygen atoms in total. The zero-order chi connectivity index (χ0) is 15.9. The molecule has 2 aromatic rings. The number of hydrogen-bond donors (Lipinski definition) is 1. The van der Waals surface area contributed by atoms with E-state index in [4.69, 9.17) is 22.1 Å². The van der Waals surface area contributed by atoms with E-state index in [-0.39, 0.29) is 12.4 Å². The number of hydrogen-bond acceptors (Lipinski definition) is 3. The minimum atomic E-state index is -0.448. The van der Waals surface area contributed by atoms with Crippen molar-refractivity contribution in [3.8, 4) is 0 Å². The van der Waals surface area contributed by atoms with E-state index in [9.17, 15) is 9.18 Å². The van der Waals surface area contributed by atoms with Gasteiger partial charge in [-0.25, -0.2) is 9.18 Å². The van der Waals surface area contributed by atoms with Gasteiger partial charge >= 0.3 is 5.97 Å². The summed E-state index contributed by atoms with van der Waals surface area (Å²) < 4.78 is 17.8. The van der Waals surface area contributed by atoms with Crippen LogP contribution in [-0.4, -0.2) is 12.6 Å². The van der Waals surface area contributed by atoms with Gasteiger partial charge in [0.2, 0.25) is 0 Å². The quantitative estimate of drug-likeness (QED) is 0.517. The second-order valence-electron chi connectivity index (χ2n) is 4.66. The Hall–Kier alpha value is -2.33. The number of nitrogen functional groups attached to an aromatic ring is 1. The van der Waals surface area contributed by atoms with E-state index in [0.29, 0.717) is 17.1 Å². The van der Waals surface area contributed by atoms with Crippen molar-refractivity contribution in [2.45, 2.75) is 6.42 Å². The average molecular weight is 320 g/mol. The smallest absolute Gasteiger partial charge is 0.330 e. The summed E-state index contributed by atoms with van der Waals surface area (Å²) in [5, 5.41) is 0.471. The minimum Gasteiger partial charge on any atom is -0.462 e. The fraction of sp³-hybridized carbons (Fsp3) is 0.118. The maximum atomic E-state index is 12.7. The molecule has 0 radical (unpaired) electrons. The number of halogens is 2. The molecule has 0 spiro atoms. The Morgan fingerprint density at radius 2 is 1.95 bits per heavy atom. The lowest BCUT2D eigenvalue weighted by Gasteiger charge is -2.03. The topological polar surface area (TPSA) is 52.3 Å². The molecule has 2 N–H and O–H groups in total. The first kappa shape index (κ1) is 16.0. The summed E-state index contributed by atoms with van der Waals surface area (Å²) in [6.07, 6.45) is 3.47. The summed E-state index contributed by atoms with van der Waals surface area (Å²) in [5.74, 6) is -0.735. The van der Waals surface area contributed by atoms with Crippen LogP contribution < -0.4 is 5.73 Å². The summed E-state index contributed by atoms with van der Waals surface area (Å²) in [5.41, 5.74) is 7.79. The molecule has 0 aliphatic carbocycles. The molecule has 0 saturated carbocycles. The molecule has 0 saturated heterocycles. The van der Waals surface area contributed by atoms with Crippen molar-refractivity contribution in [3.05, 3.63) is 70.5 Å². The number of nitrogens with two attached hydrogens (primary N) is 1. The van der Waals surface area contributed by atoms with E-state index in [1.54, 1.807) is 36.4 Å². The van der Waals surface area contributed by atoms with Crippen LogP contribution >= 0.6 is 11.6 Å². The van der Waals surface area contributed by atoms with Gasteiger partial charge in [-0.3, -0.25) is 0 Å². The van der Waals surface area contributed by atoms with Crippen LogP contribution in [0.2, 0.25) is 5.02 Å². The lowest BCUT2D eigenvalue weighted by atomic mass is 10.1. The Morgan fingerprint density at radius 3 is 2.64 bits per heavy atom. The van der Waals surface area contributed by atoms with E-state index in [0.717, 1.165) is 11.1 Å². The summed E-state index contributed by atoms with van der Waals surface area (Å²) in [4.78, 5) is 11.6. The van der Waals surface area contributed by atoms with Gasteiger partial charge in [-0.2, -0.15) is 0 Å². The van der Waals surface area contributed by atoms with Crippen LogP contribution in [0.5, 0.6) is 0 Å². The van der Waals surface area contributed by atoms with Crippen molar-refractivity contribution in [2.24, 2.45) is 0 Å². The molecule has 0 aliphatic heterocycles. The van der Waals surface area contributed by atoms with Crippen molar-refractivity contribution in [3.63, 3.8) is 0 Å². The Kier molecular flexibility index (Phi) is 5.55. The minimum absolute atomic E-state index is 0.234. The van der Waals surface area contributed by atoms with Gasteiger partial charge in [0, 0.05) is 12.5 Å². The zero-order valence-electron chi connectivity index (χ0n) is 11.8. The number of carbonyl (C=O) groups is 1. The van der Waals surface area contributed by atoms with Gasteiger partial charge in [-0.15, -0.1) is 0 Å². The molecule has 22 heavy (non-hydrogen) atoms. The Morgan fingerprint density at radius 1 is 1.23 bits per heavy atom. The van der Waals surface area contributed by atoms with E-state index in [2.05, 4.69) is 0 Å². The van der Waals surface area contributed by atoms with Gasteiger partial charge in [-0.05, 0) is 41.5 Å². The van der Waals surface area contributed by atoms with Crippen molar-refractivity contribution in [2.75, 3.05) is 12.3 Å². The molecule has 0 bridgehead atoms. The number of ether oxygens (including phenoxy) is 1. The van der Waals surface area contributed by atoms with Crippen molar-refractivity contribution < 1.29 is 13.9 Å². The number of carbonyl (C=O) groups excluding carboxylic acids is 1. The lowest BCUT2D eigenvalue weighted by molar-refractivity contribution is -0.137. The van der Waals surface area contributed by atoms with E-state index < -0.39 is 5.97 Å². The first-order valence-corrected chi connectivity index (χ1v) is 7.07. The van der Waals surface area contributed by atoms with E-state index >= 15 is 0 Å². The average Bonchev–Trinajstić information content (AvgIpc) is 2.50. The SMILES string of the molecule is Nc1cc(C=CC(=O)OCCc2ccc(F)cc2)ccc1Cl. The van der Waals surface area contributed by atoms with Crippen molar-refractivity contribution >= 4 is 29.3 Å². The number of esters is 1. The van der Waals surface area contributed by atoms with E-state index in [1.165, 1.54) is 18.2 Å². The summed E-state index contributed by atoms with van der Waals surface area (Å²) >= 11 is 5.82. The fourth-order valence-corrected chi connectivity index (χ4v) is 1.92. The largest absolute Gasteiger partial charge is 0.462 e. The molecule has 0 aliphatic rings. The number of rotatable bonds is 5. The summed E-state index contributed by atoms with van der Waals surface area (Å²) in [6.45, 7) is 0.234. The molecule has 0 amide bonds. The number of benzene rings is 2. The van der Waals surface area contributed by atoms with Gasteiger partial charge in [0.1, 0.15) is 5.82 Å². The molecule has 5 heteroatoms. The van der Waals surface area contributed by atoms with Gasteiger partial charge in [0.05, 0.1) is 17.3 Å². The molecule has 2 rings (SSSR count). The highest BCUT2D eigenvalue weighted by molar-refractivity contribution is 6.33. The highest BCUT2D eigenvalue weighted by Gasteiger charge is 2.00. The predicted molar refractivity (Wildman–Crippen MR) is 86.0 cm³/mol. The van der Waals surface area contributed by atoms with Crippen LogP contribution in [0, 0.1) is 5.82 Å². The summed E-state index contributed by atoms with van der Waals surface area (Å²) in [6, 6.07) is 11.2. The second-order valence-corrected chi connectivity index (χ2v) is 5.07. The van der Waals surface area contributed by atoms with Crippen LogP contribution in [0.4, 0.5) is 10.1 Å². The molecule has 114 valence electrons. The van der Waals surface area contributed by atoms with Crippen molar-refractivity contribution in [1.29, 1.82) is 0 Å². The van der Waals surface area contributed by atoms with Crippen LogP contribution in [-0.2, 0) is 16.0 Å². The van der Waals surface area contributed by atoms with Crippen LogP contribution in [0.15, 0.2) is 48.5 Å². The monoisotopic (exact) mass is 319 g/mol. The third-order valence-corrected chi connectivity index (χ3v) is 3.32. The Labute approximate surface area is 133 Å². The lowest BCUT2D eigenvalue weighted by Crippen LogP contribution is -2.04. The van der Waals surface area contributed by atoms with Crippen LogP contribution in [0.1, 0.15) is 11.1 Å². The molecule has 0 atom stereocenters. The third kappa shape index (κ3) is 4.90. The Balaban J connectivity index is 1.81. The number of anilines is 1. The highest BCUT2D eigenvalue weighted by Crippen LogP contribution is 2.20. The van der Waals surface area contributed by atoms with Gasteiger partial charge in [0.15, 0.2) is 0 Å². The maximum Gasteiger partial charge on any atom is 0.330 e. The normalized spacial score (nSPS) is 10.8. The molecule has 0 heterocycles. The zero-order valence-corrected chi connectivity index (χ0v) is 12.5. The standard InChI is InChI=1S/C17H15ClFNO2/c18-15-7-3-13(11-16(15)20)4-8-17(21)22-10-9-12-1-5-14(19)6-2-12/h1-8,11H,9-10,20H2.